The lowest BCUT2D eigenvalue weighted by atomic mass is 9.87. The first-order chi connectivity index (χ1) is 7.99. The molecule has 1 aliphatic rings. The number of aromatic carboxylic acids is 1. The monoisotopic (exact) mass is 253 g/mol. The van der Waals surface area contributed by atoms with E-state index >= 15 is 0 Å². The summed E-state index contributed by atoms with van der Waals surface area (Å²) in [6, 6.07) is 4.14. The average molecular weight is 253 g/mol. The van der Waals surface area contributed by atoms with Crippen LogP contribution in [0, 0.1) is 5.41 Å². The lowest BCUT2D eigenvalue weighted by Gasteiger charge is -2.27. The van der Waals surface area contributed by atoms with Crippen molar-refractivity contribution in [3.05, 3.63) is 21.9 Å². The maximum absolute atomic E-state index is 10.8. The summed E-state index contributed by atoms with van der Waals surface area (Å²) in [4.78, 5) is 12.3. The van der Waals surface area contributed by atoms with Gasteiger partial charge in [0.2, 0.25) is 0 Å². The third kappa shape index (κ3) is 2.87. The highest BCUT2D eigenvalue weighted by molar-refractivity contribution is 7.13. The number of carboxylic acid groups (broad SMARTS) is 1. The van der Waals surface area contributed by atoms with Gasteiger partial charge in [-0.2, -0.15) is 0 Å². The molecule has 0 bridgehead atoms. The molecule has 2 rings (SSSR count). The molecule has 0 spiro atoms. The van der Waals surface area contributed by atoms with Crippen molar-refractivity contribution in [3.8, 4) is 0 Å². The topological polar surface area (TPSA) is 49.3 Å². The summed E-state index contributed by atoms with van der Waals surface area (Å²) in [5.74, 6) is -0.831. The van der Waals surface area contributed by atoms with Gasteiger partial charge in [-0.1, -0.05) is 20.3 Å². The summed E-state index contributed by atoms with van der Waals surface area (Å²) in [6.07, 6.45) is 3.79. The van der Waals surface area contributed by atoms with Crippen LogP contribution >= 0.6 is 11.3 Å². The lowest BCUT2D eigenvalue weighted by Crippen LogP contribution is -2.36. The van der Waals surface area contributed by atoms with E-state index < -0.39 is 5.97 Å². The van der Waals surface area contributed by atoms with Gasteiger partial charge in [0.05, 0.1) is 0 Å². The van der Waals surface area contributed by atoms with Crippen LogP contribution < -0.4 is 5.32 Å². The third-order valence-electron chi connectivity index (χ3n) is 3.65. The van der Waals surface area contributed by atoms with E-state index in [0.29, 0.717) is 16.3 Å². The summed E-state index contributed by atoms with van der Waals surface area (Å²) >= 11 is 1.36. The van der Waals surface area contributed by atoms with Crippen LogP contribution in [0.15, 0.2) is 12.1 Å². The van der Waals surface area contributed by atoms with Crippen LogP contribution in [0.4, 0.5) is 0 Å². The second-order valence-corrected chi connectivity index (χ2v) is 6.55. The predicted octanol–water partition coefficient (Wildman–Crippen LogP) is 3.11. The van der Waals surface area contributed by atoms with Crippen molar-refractivity contribution in [1.82, 2.24) is 5.32 Å². The average Bonchev–Trinajstić information content (AvgIpc) is 2.81. The van der Waals surface area contributed by atoms with Crippen LogP contribution in [-0.2, 0) is 6.54 Å². The van der Waals surface area contributed by atoms with Crippen LogP contribution in [-0.4, -0.2) is 17.1 Å². The molecule has 0 aromatic carbocycles. The fraction of sp³-hybridized carbons (Fsp3) is 0.615. The van der Waals surface area contributed by atoms with Gasteiger partial charge in [-0.05, 0) is 30.4 Å². The lowest BCUT2D eigenvalue weighted by molar-refractivity contribution is 0.0702. The number of hydrogen-bond acceptors (Lipinski definition) is 3. The van der Waals surface area contributed by atoms with Gasteiger partial charge in [0.1, 0.15) is 4.88 Å². The first-order valence-corrected chi connectivity index (χ1v) is 6.86. The van der Waals surface area contributed by atoms with E-state index in [1.54, 1.807) is 6.07 Å². The maximum Gasteiger partial charge on any atom is 0.345 e. The number of thiophene rings is 1. The molecule has 1 aliphatic carbocycles. The van der Waals surface area contributed by atoms with Gasteiger partial charge in [-0.3, -0.25) is 0 Å². The van der Waals surface area contributed by atoms with Crippen molar-refractivity contribution in [1.29, 1.82) is 0 Å². The Hall–Kier alpha value is -0.870. The number of carbonyl (C=O) groups is 1. The van der Waals surface area contributed by atoms with Crippen molar-refractivity contribution in [2.45, 2.75) is 45.7 Å². The Morgan fingerprint density at radius 1 is 1.59 bits per heavy atom. The number of hydrogen-bond donors (Lipinski definition) is 2. The van der Waals surface area contributed by atoms with Gasteiger partial charge in [0.25, 0.3) is 0 Å². The first kappa shape index (κ1) is 12.6. The smallest absolute Gasteiger partial charge is 0.345 e. The second-order valence-electron chi connectivity index (χ2n) is 5.39. The largest absolute Gasteiger partial charge is 0.477 e. The highest BCUT2D eigenvalue weighted by Gasteiger charge is 2.33. The molecule has 4 heteroatoms. The van der Waals surface area contributed by atoms with Crippen molar-refractivity contribution >= 4 is 17.3 Å². The summed E-state index contributed by atoms with van der Waals surface area (Å²) in [7, 11) is 0. The Kier molecular flexibility index (Phi) is 3.54. The first-order valence-electron chi connectivity index (χ1n) is 6.04. The highest BCUT2D eigenvalue weighted by Crippen LogP contribution is 2.37. The number of nitrogens with one attached hydrogen (secondary N) is 1. The zero-order valence-corrected chi connectivity index (χ0v) is 11.1. The standard InChI is InChI=1S/C13H19NO2S/c1-13(2)7-3-4-11(13)14-8-9-5-6-10(17-9)12(15)16/h5-6,11,14H,3-4,7-8H2,1-2H3,(H,15,16). The summed E-state index contributed by atoms with van der Waals surface area (Å²) < 4.78 is 0. The fourth-order valence-electron chi connectivity index (χ4n) is 2.52. The minimum absolute atomic E-state index is 0.368. The molecule has 1 aromatic rings. The molecule has 3 nitrogen and oxygen atoms in total. The van der Waals surface area contributed by atoms with Crippen LogP contribution in [0.1, 0.15) is 47.7 Å². The zero-order valence-electron chi connectivity index (χ0n) is 10.3. The van der Waals surface area contributed by atoms with Crippen LogP contribution in [0.5, 0.6) is 0 Å². The van der Waals surface area contributed by atoms with Gasteiger partial charge < -0.3 is 10.4 Å². The van der Waals surface area contributed by atoms with Gasteiger partial charge in [-0.25, -0.2) is 4.79 Å². The molecule has 1 saturated carbocycles. The molecule has 1 aromatic heterocycles. The molecular formula is C13H19NO2S. The Labute approximate surface area is 106 Å². The summed E-state index contributed by atoms with van der Waals surface area (Å²) in [5, 5.41) is 12.4. The zero-order chi connectivity index (χ0) is 12.5. The van der Waals surface area contributed by atoms with Crippen LogP contribution in [0.3, 0.4) is 0 Å². The molecule has 0 saturated heterocycles. The Balaban J connectivity index is 1.91. The van der Waals surface area contributed by atoms with Crippen molar-refractivity contribution < 1.29 is 9.90 Å². The summed E-state index contributed by atoms with van der Waals surface area (Å²) in [6.45, 7) is 5.38. The maximum atomic E-state index is 10.8. The molecule has 0 radical (unpaired) electrons. The quantitative estimate of drug-likeness (QED) is 0.866. The third-order valence-corrected chi connectivity index (χ3v) is 4.73. The van der Waals surface area contributed by atoms with E-state index in [1.807, 2.05) is 6.07 Å². The molecule has 0 aliphatic heterocycles. The SMILES string of the molecule is CC1(C)CCCC1NCc1ccc(C(=O)O)s1. The molecule has 1 fully saturated rings. The Morgan fingerprint density at radius 3 is 2.88 bits per heavy atom. The van der Waals surface area contributed by atoms with E-state index in [9.17, 15) is 4.79 Å². The molecule has 1 heterocycles. The normalized spacial score (nSPS) is 22.8. The molecule has 1 unspecified atom stereocenters. The minimum atomic E-state index is -0.831. The van der Waals surface area contributed by atoms with Crippen molar-refractivity contribution in [2.24, 2.45) is 5.41 Å². The minimum Gasteiger partial charge on any atom is -0.477 e. The van der Waals surface area contributed by atoms with Crippen molar-refractivity contribution in [3.63, 3.8) is 0 Å². The van der Waals surface area contributed by atoms with Gasteiger partial charge >= 0.3 is 5.97 Å². The molecule has 1 atom stereocenters. The molecule has 2 N–H and O–H groups in total. The van der Waals surface area contributed by atoms with Gasteiger partial charge in [0.15, 0.2) is 0 Å². The van der Waals surface area contributed by atoms with Crippen molar-refractivity contribution in [2.75, 3.05) is 0 Å². The van der Waals surface area contributed by atoms with E-state index in [4.69, 9.17) is 5.11 Å². The number of rotatable bonds is 4. The summed E-state index contributed by atoms with van der Waals surface area (Å²) in [5.41, 5.74) is 0.368. The fourth-order valence-corrected chi connectivity index (χ4v) is 3.31. The number of carboxylic acids is 1. The molecule has 94 valence electrons. The molecule has 0 amide bonds. The van der Waals surface area contributed by atoms with Crippen LogP contribution in [0.2, 0.25) is 0 Å². The van der Waals surface area contributed by atoms with Gasteiger partial charge in [-0.15, -0.1) is 11.3 Å². The molecule has 17 heavy (non-hydrogen) atoms. The predicted molar refractivity (Wildman–Crippen MR) is 69.5 cm³/mol. The van der Waals surface area contributed by atoms with E-state index in [0.717, 1.165) is 11.4 Å². The molecular weight excluding hydrogens is 234 g/mol. The van der Waals surface area contributed by atoms with Crippen LogP contribution in [0.25, 0.3) is 0 Å². The van der Waals surface area contributed by atoms with E-state index in [1.165, 1.54) is 30.6 Å². The second kappa shape index (κ2) is 4.78. The van der Waals surface area contributed by atoms with E-state index in [-0.39, 0.29) is 0 Å². The van der Waals surface area contributed by atoms with E-state index in [2.05, 4.69) is 19.2 Å². The Morgan fingerprint density at radius 2 is 2.35 bits per heavy atom. The Bertz CT molecular complexity index is 411. The highest BCUT2D eigenvalue weighted by atomic mass is 32.1. The van der Waals surface area contributed by atoms with Gasteiger partial charge in [0, 0.05) is 17.5 Å².